The molecule has 1 unspecified atom stereocenters. The van der Waals surface area contributed by atoms with Crippen LogP contribution in [-0.4, -0.2) is 43.7 Å². The van der Waals surface area contributed by atoms with Gasteiger partial charge in [-0.25, -0.2) is 4.79 Å². The Balaban J connectivity index is 2.31. The Morgan fingerprint density at radius 3 is 2.40 bits per heavy atom. The Bertz CT molecular complexity index is 212. The molecule has 0 aromatic rings. The summed E-state index contributed by atoms with van der Waals surface area (Å²) in [7, 11) is 4.05. The van der Waals surface area contributed by atoms with Gasteiger partial charge >= 0.3 is 6.03 Å². The fourth-order valence-corrected chi connectivity index (χ4v) is 1.44. The van der Waals surface area contributed by atoms with Crippen molar-refractivity contribution < 1.29 is 4.79 Å². The lowest BCUT2D eigenvalue weighted by Gasteiger charge is -2.25. The molecule has 0 spiro atoms. The molecule has 15 heavy (non-hydrogen) atoms. The number of hydrogen-bond acceptors (Lipinski definition) is 2. The Hall–Kier alpha value is -0.770. The van der Waals surface area contributed by atoms with Crippen LogP contribution in [0.5, 0.6) is 0 Å². The highest BCUT2D eigenvalue weighted by Crippen LogP contribution is 2.18. The zero-order chi connectivity index (χ0) is 11.4. The minimum absolute atomic E-state index is 0.0157. The number of carbonyl (C=O) groups is 1. The molecule has 1 saturated carbocycles. The number of likely N-dealkylation sites (N-methyl/N-ethyl adjacent to an activating group) is 1. The SMILES string of the molecule is CC(C)C(CN(C)C)NC(=O)NC1CC1. The van der Waals surface area contributed by atoms with Gasteiger partial charge in [0.1, 0.15) is 0 Å². The molecule has 4 heteroatoms. The maximum absolute atomic E-state index is 11.5. The number of hydrogen-bond donors (Lipinski definition) is 2. The molecule has 88 valence electrons. The van der Waals surface area contributed by atoms with Crippen LogP contribution in [-0.2, 0) is 0 Å². The van der Waals surface area contributed by atoms with E-state index in [0.29, 0.717) is 12.0 Å². The predicted octanol–water partition coefficient (Wildman–Crippen LogP) is 1.03. The zero-order valence-electron chi connectivity index (χ0n) is 10.2. The van der Waals surface area contributed by atoms with Crippen LogP contribution in [0.2, 0.25) is 0 Å². The molecule has 1 rings (SSSR count). The highest BCUT2D eigenvalue weighted by atomic mass is 16.2. The van der Waals surface area contributed by atoms with Gasteiger partial charge in [-0.05, 0) is 32.9 Å². The van der Waals surface area contributed by atoms with Gasteiger partial charge in [0.2, 0.25) is 0 Å². The van der Waals surface area contributed by atoms with E-state index in [1.54, 1.807) is 0 Å². The molecule has 0 aromatic carbocycles. The summed E-state index contributed by atoms with van der Waals surface area (Å²) in [5, 5.41) is 5.97. The van der Waals surface area contributed by atoms with Gasteiger partial charge in [-0.15, -0.1) is 0 Å². The molecule has 1 fully saturated rings. The topological polar surface area (TPSA) is 44.4 Å². The molecule has 0 bridgehead atoms. The van der Waals surface area contributed by atoms with E-state index in [9.17, 15) is 4.79 Å². The number of nitrogens with zero attached hydrogens (tertiary/aromatic N) is 1. The van der Waals surface area contributed by atoms with E-state index in [0.717, 1.165) is 19.4 Å². The van der Waals surface area contributed by atoms with Gasteiger partial charge in [0.05, 0.1) is 0 Å². The van der Waals surface area contributed by atoms with Gasteiger partial charge < -0.3 is 15.5 Å². The molecular weight excluding hydrogens is 190 g/mol. The van der Waals surface area contributed by atoms with Crippen LogP contribution in [0, 0.1) is 5.92 Å². The van der Waals surface area contributed by atoms with Crippen molar-refractivity contribution in [1.82, 2.24) is 15.5 Å². The van der Waals surface area contributed by atoms with Crippen molar-refractivity contribution in [3.63, 3.8) is 0 Å². The van der Waals surface area contributed by atoms with Gasteiger partial charge in [0, 0.05) is 18.6 Å². The first-order chi connectivity index (χ1) is 6.99. The molecule has 0 heterocycles. The summed E-state index contributed by atoms with van der Waals surface area (Å²) in [4.78, 5) is 13.6. The van der Waals surface area contributed by atoms with Crippen molar-refractivity contribution >= 4 is 6.03 Å². The standard InChI is InChI=1S/C11H23N3O/c1-8(2)10(7-14(3)4)13-11(15)12-9-5-6-9/h8-10H,5-7H2,1-4H3,(H2,12,13,15). The van der Waals surface area contributed by atoms with Gasteiger partial charge in [-0.3, -0.25) is 0 Å². The predicted molar refractivity (Wildman–Crippen MR) is 61.9 cm³/mol. The summed E-state index contributed by atoms with van der Waals surface area (Å²) >= 11 is 0. The second kappa shape index (κ2) is 5.35. The third kappa shape index (κ3) is 5.02. The maximum atomic E-state index is 11.5. The van der Waals surface area contributed by atoms with E-state index in [-0.39, 0.29) is 12.1 Å². The van der Waals surface area contributed by atoms with E-state index in [1.807, 2.05) is 14.1 Å². The molecule has 0 aliphatic heterocycles. The minimum Gasteiger partial charge on any atom is -0.335 e. The van der Waals surface area contributed by atoms with Crippen molar-refractivity contribution in [2.24, 2.45) is 5.92 Å². The van der Waals surface area contributed by atoms with Crippen LogP contribution < -0.4 is 10.6 Å². The number of carbonyl (C=O) groups excluding carboxylic acids is 1. The Morgan fingerprint density at radius 2 is 2.00 bits per heavy atom. The summed E-state index contributed by atoms with van der Waals surface area (Å²) in [6.07, 6.45) is 2.26. The molecular formula is C11H23N3O. The third-order valence-electron chi connectivity index (χ3n) is 2.60. The lowest BCUT2D eigenvalue weighted by Crippen LogP contribution is -2.49. The van der Waals surface area contributed by atoms with Crippen LogP contribution in [0.15, 0.2) is 0 Å². The normalized spacial score (nSPS) is 18.0. The van der Waals surface area contributed by atoms with Gasteiger partial charge in [-0.1, -0.05) is 13.8 Å². The first-order valence-corrected chi connectivity index (χ1v) is 5.70. The van der Waals surface area contributed by atoms with Crippen LogP contribution in [0.3, 0.4) is 0 Å². The summed E-state index contributed by atoms with van der Waals surface area (Å²) in [6, 6.07) is 0.633. The summed E-state index contributed by atoms with van der Waals surface area (Å²) in [5.74, 6) is 0.456. The molecule has 4 nitrogen and oxygen atoms in total. The fraction of sp³-hybridized carbons (Fsp3) is 0.909. The average Bonchev–Trinajstić information content (AvgIpc) is 2.85. The molecule has 1 atom stereocenters. The first-order valence-electron chi connectivity index (χ1n) is 5.70. The largest absolute Gasteiger partial charge is 0.335 e. The second-order valence-corrected chi connectivity index (χ2v) is 5.00. The lowest BCUT2D eigenvalue weighted by molar-refractivity contribution is 0.224. The van der Waals surface area contributed by atoms with Crippen molar-refractivity contribution in [2.75, 3.05) is 20.6 Å². The van der Waals surface area contributed by atoms with Crippen molar-refractivity contribution in [2.45, 2.75) is 38.8 Å². The molecule has 2 amide bonds. The monoisotopic (exact) mass is 213 g/mol. The van der Waals surface area contributed by atoms with Gasteiger partial charge in [0.15, 0.2) is 0 Å². The second-order valence-electron chi connectivity index (χ2n) is 5.00. The van der Waals surface area contributed by atoms with Crippen LogP contribution >= 0.6 is 0 Å². The smallest absolute Gasteiger partial charge is 0.315 e. The first kappa shape index (κ1) is 12.3. The van der Waals surface area contributed by atoms with Crippen LogP contribution in [0.4, 0.5) is 4.79 Å². The van der Waals surface area contributed by atoms with E-state index in [2.05, 4.69) is 29.4 Å². The van der Waals surface area contributed by atoms with Crippen molar-refractivity contribution in [1.29, 1.82) is 0 Å². The molecule has 1 aliphatic rings. The number of rotatable bonds is 5. The van der Waals surface area contributed by atoms with E-state index in [1.165, 1.54) is 0 Å². The molecule has 0 radical (unpaired) electrons. The summed E-state index contributed by atoms with van der Waals surface area (Å²) in [6.45, 7) is 5.15. The molecule has 2 N–H and O–H groups in total. The third-order valence-corrected chi connectivity index (χ3v) is 2.60. The number of amides is 2. The summed E-state index contributed by atoms with van der Waals surface area (Å²) in [5.41, 5.74) is 0. The van der Waals surface area contributed by atoms with E-state index >= 15 is 0 Å². The quantitative estimate of drug-likeness (QED) is 0.716. The van der Waals surface area contributed by atoms with Crippen molar-refractivity contribution in [3.05, 3.63) is 0 Å². The van der Waals surface area contributed by atoms with Crippen molar-refractivity contribution in [3.8, 4) is 0 Å². The number of nitrogens with one attached hydrogen (secondary N) is 2. The van der Waals surface area contributed by atoms with Gasteiger partial charge in [-0.2, -0.15) is 0 Å². The lowest BCUT2D eigenvalue weighted by atomic mass is 10.0. The zero-order valence-corrected chi connectivity index (χ0v) is 10.2. The maximum Gasteiger partial charge on any atom is 0.315 e. The highest BCUT2D eigenvalue weighted by Gasteiger charge is 2.25. The summed E-state index contributed by atoms with van der Waals surface area (Å²) < 4.78 is 0. The Kier molecular flexibility index (Phi) is 4.39. The molecule has 1 aliphatic carbocycles. The van der Waals surface area contributed by atoms with E-state index < -0.39 is 0 Å². The molecule has 0 aromatic heterocycles. The Labute approximate surface area is 92.4 Å². The molecule has 0 saturated heterocycles. The Morgan fingerprint density at radius 1 is 1.40 bits per heavy atom. The van der Waals surface area contributed by atoms with Gasteiger partial charge in [0.25, 0.3) is 0 Å². The van der Waals surface area contributed by atoms with Crippen LogP contribution in [0.25, 0.3) is 0 Å². The minimum atomic E-state index is -0.0157. The fourth-order valence-electron chi connectivity index (χ4n) is 1.44. The van der Waals surface area contributed by atoms with E-state index in [4.69, 9.17) is 0 Å². The highest BCUT2D eigenvalue weighted by molar-refractivity contribution is 5.74. The van der Waals surface area contributed by atoms with Crippen LogP contribution in [0.1, 0.15) is 26.7 Å². The average molecular weight is 213 g/mol. The number of urea groups is 1.